The minimum absolute atomic E-state index is 0.134. The first-order chi connectivity index (χ1) is 8.11. The number of carbonyl (C=O) groups excluding carboxylic acids is 1. The summed E-state index contributed by atoms with van der Waals surface area (Å²) in [6.07, 6.45) is 1.05. The molecule has 0 fully saturated rings. The van der Waals surface area contributed by atoms with Crippen molar-refractivity contribution < 1.29 is 22.4 Å². The van der Waals surface area contributed by atoms with Gasteiger partial charge in [0.15, 0.2) is 9.84 Å². The summed E-state index contributed by atoms with van der Waals surface area (Å²) in [4.78, 5) is 15.3. The summed E-state index contributed by atoms with van der Waals surface area (Å²) in [6, 6.07) is 0. The fourth-order valence-electron chi connectivity index (χ4n) is 1.09. The summed E-state index contributed by atoms with van der Waals surface area (Å²) in [6.45, 7) is 4.64. The van der Waals surface area contributed by atoms with Gasteiger partial charge in [-0.15, -0.1) is 0 Å². The second-order valence-electron chi connectivity index (χ2n) is 4.23. The maximum absolute atomic E-state index is 11.6. The number of nitrogens with zero attached hydrogens (tertiary/aromatic N) is 1. The summed E-state index contributed by atoms with van der Waals surface area (Å²) in [5.41, 5.74) is 5.28. The molecule has 0 aromatic carbocycles. The number of esters is 1. The third kappa shape index (κ3) is 2.47. The van der Waals surface area contributed by atoms with E-state index in [1.54, 1.807) is 6.92 Å². The molecular formula is C10H16N2O5S. The maximum atomic E-state index is 11.6. The van der Waals surface area contributed by atoms with Gasteiger partial charge in [0, 0.05) is 6.26 Å². The second-order valence-corrected chi connectivity index (χ2v) is 6.80. The number of nitrogen functional groups attached to an aromatic ring is 1. The van der Waals surface area contributed by atoms with E-state index in [4.69, 9.17) is 14.9 Å². The summed E-state index contributed by atoms with van der Waals surface area (Å²) in [5, 5.41) is 0. The molecule has 1 heterocycles. The lowest BCUT2D eigenvalue weighted by Gasteiger charge is -2.17. The van der Waals surface area contributed by atoms with Crippen molar-refractivity contribution in [3.63, 3.8) is 0 Å². The number of ether oxygens (including phenoxy) is 1. The quantitative estimate of drug-likeness (QED) is 0.806. The Morgan fingerprint density at radius 1 is 1.50 bits per heavy atom. The van der Waals surface area contributed by atoms with Gasteiger partial charge in [0.1, 0.15) is 4.75 Å². The molecule has 0 aliphatic carbocycles. The molecule has 0 radical (unpaired) electrons. The van der Waals surface area contributed by atoms with Crippen LogP contribution in [0.3, 0.4) is 0 Å². The topological polar surface area (TPSA) is 112 Å². The average molecular weight is 276 g/mol. The molecule has 8 heteroatoms. The van der Waals surface area contributed by atoms with Crippen molar-refractivity contribution in [1.29, 1.82) is 0 Å². The van der Waals surface area contributed by atoms with E-state index in [-0.39, 0.29) is 24.1 Å². The number of hydrogen-bond acceptors (Lipinski definition) is 7. The van der Waals surface area contributed by atoms with E-state index >= 15 is 0 Å². The van der Waals surface area contributed by atoms with Crippen molar-refractivity contribution in [3.05, 3.63) is 11.6 Å². The molecule has 1 aromatic heterocycles. The van der Waals surface area contributed by atoms with E-state index in [0.29, 0.717) is 0 Å². The third-order valence-electron chi connectivity index (χ3n) is 2.56. The van der Waals surface area contributed by atoms with Gasteiger partial charge in [-0.2, -0.15) is 0 Å². The highest BCUT2D eigenvalue weighted by Gasteiger charge is 2.39. The van der Waals surface area contributed by atoms with Gasteiger partial charge in [-0.25, -0.2) is 18.2 Å². The zero-order valence-corrected chi connectivity index (χ0v) is 11.5. The normalized spacial score (nSPS) is 12.4. The van der Waals surface area contributed by atoms with Crippen LogP contribution < -0.4 is 5.73 Å². The van der Waals surface area contributed by atoms with Crippen molar-refractivity contribution in [2.24, 2.45) is 0 Å². The van der Waals surface area contributed by atoms with Gasteiger partial charge in [-0.1, -0.05) is 0 Å². The standard InChI is InChI=1S/C10H16N2O5S/c1-5-16-8(13)6-7(11)17-9(12-6)10(2,3)18(4,14)15/h5,11H2,1-4H3. The second kappa shape index (κ2) is 4.60. The van der Waals surface area contributed by atoms with Crippen LogP contribution in [-0.4, -0.2) is 32.2 Å². The van der Waals surface area contributed by atoms with E-state index in [1.807, 2.05) is 0 Å². The van der Waals surface area contributed by atoms with Crippen molar-refractivity contribution in [1.82, 2.24) is 4.98 Å². The highest BCUT2D eigenvalue weighted by Crippen LogP contribution is 2.30. The smallest absolute Gasteiger partial charge is 0.362 e. The van der Waals surface area contributed by atoms with Crippen LogP contribution in [0.2, 0.25) is 0 Å². The zero-order valence-electron chi connectivity index (χ0n) is 10.7. The molecule has 0 aliphatic rings. The molecule has 0 aliphatic heterocycles. The Balaban J connectivity index is 3.24. The minimum Gasteiger partial charge on any atom is -0.461 e. The SMILES string of the molecule is CCOC(=O)c1nc(C(C)(C)S(C)(=O)=O)oc1N. The van der Waals surface area contributed by atoms with E-state index in [0.717, 1.165) is 6.26 Å². The Hall–Kier alpha value is -1.57. The summed E-state index contributed by atoms with van der Waals surface area (Å²) >= 11 is 0. The van der Waals surface area contributed by atoms with E-state index in [2.05, 4.69) is 4.98 Å². The summed E-state index contributed by atoms with van der Waals surface area (Å²) in [5.74, 6) is -1.12. The largest absolute Gasteiger partial charge is 0.461 e. The van der Waals surface area contributed by atoms with Gasteiger partial charge in [-0.05, 0) is 20.8 Å². The summed E-state index contributed by atoms with van der Waals surface area (Å²) in [7, 11) is -3.46. The molecule has 1 aromatic rings. The Kier molecular flexibility index (Phi) is 3.70. The molecule has 2 N–H and O–H groups in total. The Morgan fingerprint density at radius 3 is 2.50 bits per heavy atom. The fourth-order valence-corrected chi connectivity index (χ4v) is 1.50. The van der Waals surface area contributed by atoms with E-state index < -0.39 is 20.6 Å². The maximum Gasteiger partial charge on any atom is 0.362 e. The van der Waals surface area contributed by atoms with Crippen LogP contribution in [0.15, 0.2) is 4.42 Å². The number of carbonyl (C=O) groups is 1. The molecule has 0 unspecified atom stereocenters. The average Bonchev–Trinajstić information content (AvgIpc) is 2.59. The predicted octanol–water partition coefficient (Wildman–Crippen LogP) is 0.713. The highest BCUT2D eigenvalue weighted by atomic mass is 32.2. The van der Waals surface area contributed by atoms with Gasteiger partial charge >= 0.3 is 5.97 Å². The van der Waals surface area contributed by atoms with Crippen LogP contribution in [-0.2, 0) is 19.3 Å². The molecule has 1 rings (SSSR count). The number of aromatic nitrogens is 1. The molecule has 0 bridgehead atoms. The monoisotopic (exact) mass is 276 g/mol. The van der Waals surface area contributed by atoms with Crippen LogP contribution in [0, 0.1) is 0 Å². The van der Waals surface area contributed by atoms with Crippen molar-refractivity contribution >= 4 is 21.7 Å². The Labute approximate surface area is 105 Å². The molecule has 7 nitrogen and oxygen atoms in total. The van der Waals surface area contributed by atoms with Gasteiger partial charge in [0.2, 0.25) is 17.5 Å². The molecule has 18 heavy (non-hydrogen) atoms. The van der Waals surface area contributed by atoms with Crippen molar-refractivity contribution in [2.45, 2.75) is 25.5 Å². The van der Waals surface area contributed by atoms with Crippen LogP contribution in [0.4, 0.5) is 5.88 Å². The number of hydrogen-bond donors (Lipinski definition) is 1. The highest BCUT2D eigenvalue weighted by molar-refractivity contribution is 7.91. The summed E-state index contributed by atoms with van der Waals surface area (Å²) < 4.78 is 31.6. The number of anilines is 1. The van der Waals surface area contributed by atoms with Crippen molar-refractivity contribution in [2.75, 3.05) is 18.6 Å². The van der Waals surface area contributed by atoms with Crippen LogP contribution in [0.5, 0.6) is 0 Å². The number of rotatable bonds is 4. The first-order valence-corrected chi connectivity index (χ1v) is 7.14. The predicted molar refractivity (Wildman–Crippen MR) is 64.7 cm³/mol. The zero-order chi connectivity index (χ0) is 14.1. The lowest BCUT2D eigenvalue weighted by molar-refractivity contribution is 0.0521. The van der Waals surface area contributed by atoms with E-state index in [1.165, 1.54) is 13.8 Å². The first-order valence-electron chi connectivity index (χ1n) is 5.24. The number of nitrogens with two attached hydrogens (primary N) is 1. The van der Waals surface area contributed by atoms with Crippen LogP contribution in [0.25, 0.3) is 0 Å². The van der Waals surface area contributed by atoms with Crippen LogP contribution in [0.1, 0.15) is 37.2 Å². The molecule has 0 amide bonds. The Bertz CT molecular complexity index is 559. The van der Waals surface area contributed by atoms with Gasteiger partial charge < -0.3 is 14.9 Å². The number of sulfone groups is 1. The molecule has 0 saturated carbocycles. The third-order valence-corrected chi connectivity index (χ3v) is 4.59. The first kappa shape index (κ1) is 14.5. The van der Waals surface area contributed by atoms with Gasteiger partial charge in [-0.3, -0.25) is 0 Å². The fraction of sp³-hybridized carbons (Fsp3) is 0.600. The molecule has 102 valence electrons. The van der Waals surface area contributed by atoms with Crippen LogP contribution >= 0.6 is 0 Å². The molecular weight excluding hydrogens is 260 g/mol. The minimum atomic E-state index is -3.46. The Morgan fingerprint density at radius 2 is 2.06 bits per heavy atom. The number of oxazole rings is 1. The lowest BCUT2D eigenvalue weighted by atomic mass is 10.2. The molecule has 0 spiro atoms. The van der Waals surface area contributed by atoms with Gasteiger partial charge in [0.05, 0.1) is 6.61 Å². The molecule has 0 atom stereocenters. The van der Waals surface area contributed by atoms with E-state index in [9.17, 15) is 13.2 Å². The lowest BCUT2D eigenvalue weighted by Crippen LogP contribution is -2.28. The van der Waals surface area contributed by atoms with Gasteiger partial charge in [0.25, 0.3) is 0 Å². The van der Waals surface area contributed by atoms with Crippen molar-refractivity contribution in [3.8, 4) is 0 Å². The molecule has 0 saturated heterocycles.